The quantitative estimate of drug-likeness (QED) is 0.391. The number of fused-ring (bicyclic) bond motifs is 3. The van der Waals surface area contributed by atoms with Crippen LogP contribution in [0.5, 0.6) is 0 Å². The summed E-state index contributed by atoms with van der Waals surface area (Å²) in [6.07, 6.45) is -1.42. The zero-order valence-corrected chi connectivity index (χ0v) is 18.2. The third-order valence-corrected chi connectivity index (χ3v) is 5.87. The van der Waals surface area contributed by atoms with E-state index in [4.69, 9.17) is 4.74 Å². The van der Waals surface area contributed by atoms with Crippen LogP contribution in [0.4, 0.5) is 4.79 Å². The minimum Gasteiger partial charge on any atom is -0.464 e. The summed E-state index contributed by atoms with van der Waals surface area (Å²) in [5, 5.41) is 23.1. The number of methoxy groups -OCH3 is 1. The van der Waals surface area contributed by atoms with E-state index in [2.05, 4.69) is 27.2 Å². The average molecular weight is 450 g/mol. The van der Waals surface area contributed by atoms with Crippen LogP contribution in [-0.4, -0.2) is 53.6 Å². The molecule has 172 valence electrons. The molecule has 0 saturated heterocycles. The molecule has 4 N–H and O–H groups in total. The second kappa shape index (κ2) is 9.89. The predicted octanol–water partition coefficient (Wildman–Crippen LogP) is 3.12. The molecule has 0 bridgehead atoms. The second-order valence-corrected chi connectivity index (χ2v) is 7.89. The van der Waals surface area contributed by atoms with Crippen molar-refractivity contribution in [3.63, 3.8) is 0 Å². The highest BCUT2D eigenvalue weighted by atomic mass is 16.5. The molecule has 3 aromatic rings. The van der Waals surface area contributed by atoms with Crippen LogP contribution >= 0.6 is 0 Å². The topological polar surface area (TPSA) is 121 Å². The van der Waals surface area contributed by atoms with Crippen LogP contribution in [0, 0.1) is 0 Å². The van der Waals surface area contributed by atoms with E-state index in [1.54, 1.807) is 0 Å². The molecule has 2 unspecified atom stereocenters. The van der Waals surface area contributed by atoms with Gasteiger partial charge in [-0.05, 0) is 34.7 Å². The molecule has 1 aliphatic carbocycles. The summed E-state index contributed by atoms with van der Waals surface area (Å²) in [6, 6.07) is 17.6. The smallest absolute Gasteiger partial charge is 0.407 e. The average Bonchev–Trinajstić information content (AvgIpc) is 3.45. The van der Waals surface area contributed by atoms with Gasteiger partial charge in [0, 0.05) is 24.2 Å². The molecule has 33 heavy (non-hydrogen) atoms. The predicted molar refractivity (Wildman–Crippen MR) is 121 cm³/mol. The molecular formula is C25H26N2O6. The van der Waals surface area contributed by atoms with Crippen molar-refractivity contribution in [3.05, 3.63) is 83.2 Å². The molecule has 8 nitrogen and oxygen atoms in total. The molecule has 4 rings (SSSR count). The summed E-state index contributed by atoms with van der Waals surface area (Å²) in [7, 11) is 1.25. The van der Waals surface area contributed by atoms with Gasteiger partial charge in [-0.3, -0.25) is 0 Å². The van der Waals surface area contributed by atoms with Crippen LogP contribution < -0.4 is 5.32 Å². The number of nitrogens with one attached hydrogen (secondary N) is 2. The molecule has 0 aliphatic heterocycles. The number of hydrogen-bond donors (Lipinski definition) is 4. The lowest BCUT2D eigenvalue weighted by Gasteiger charge is -2.18. The van der Waals surface area contributed by atoms with Gasteiger partial charge in [-0.1, -0.05) is 48.5 Å². The first-order valence-electron chi connectivity index (χ1n) is 10.7. The van der Waals surface area contributed by atoms with E-state index in [-0.39, 0.29) is 31.2 Å². The summed E-state index contributed by atoms with van der Waals surface area (Å²) in [4.78, 5) is 26.4. The zero-order chi connectivity index (χ0) is 23.4. The van der Waals surface area contributed by atoms with Gasteiger partial charge in [0.2, 0.25) is 0 Å². The van der Waals surface area contributed by atoms with Gasteiger partial charge >= 0.3 is 12.1 Å². The maximum atomic E-state index is 12.2. The number of esters is 1. The Hall–Kier alpha value is -3.62. The summed E-state index contributed by atoms with van der Waals surface area (Å²) >= 11 is 0. The largest absolute Gasteiger partial charge is 0.464 e. The molecular weight excluding hydrogens is 424 g/mol. The van der Waals surface area contributed by atoms with E-state index in [9.17, 15) is 19.8 Å². The van der Waals surface area contributed by atoms with E-state index >= 15 is 0 Å². The van der Waals surface area contributed by atoms with Crippen molar-refractivity contribution in [2.24, 2.45) is 0 Å². The first-order valence-corrected chi connectivity index (χ1v) is 10.7. The van der Waals surface area contributed by atoms with Gasteiger partial charge in [-0.2, -0.15) is 0 Å². The normalized spacial score (nSPS) is 14.2. The number of benzene rings is 2. The fraction of sp³-hybridized carbons (Fsp3) is 0.280. The molecule has 2 aromatic carbocycles. The Bertz CT molecular complexity index is 1100. The van der Waals surface area contributed by atoms with Crippen LogP contribution in [-0.2, 0) is 9.47 Å². The molecule has 2 atom stereocenters. The number of rotatable bonds is 8. The highest BCUT2D eigenvalue weighted by Gasteiger charge is 2.29. The Labute approximate surface area is 191 Å². The van der Waals surface area contributed by atoms with E-state index in [0.717, 1.165) is 22.3 Å². The number of amides is 1. The molecule has 0 radical (unpaired) electrons. The van der Waals surface area contributed by atoms with Crippen LogP contribution in [0.3, 0.4) is 0 Å². The fourth-order valence-corrected chi connectivity index (χ4v) is 4.16. The highest BCUT2D eigenvalue weighted by molar-refractivity contribution is 5.87. The number of ether oxygens (including phenoxy) is 2. The number of aromatic amines is 1. The first kappa shape index (κ1) is 22.6. The number of hydrogen-bond acceptors (Lipinski definition) is 6. The van der Waals surface area contributed by atoms with Crippen molar-refractivity contribution >= 4 is 12.1 Å². The van der Waals surface area contributed by atoms with Crippen molar-refractivity contribution in [1.29, 1.82) is 0 Å². The second-order valence-electron chi connectivity index (χ2n) is 7.89. The van der Waals surface area contributed by atoms with E-state index in [1.165, 1.54) is 19.4 Å². The standard InChI is InChI=1S/C25H26N2O6/c1-32-24(30)21-12-15(13-27-21)23(29)22(28)10-11-26-25(31)33-14-20-18-8-4-2-6-16(18)17-7-3-5-9-19(17)20/h2-9,12-13,20,22-23,27-29H,10-11,14H2,1H3,(H,26,31). The number of H-pyrrole nitrogens is 1. The van der Waals surface area contributed by atoms with Crippen LogP contribution in [0.15, 0.2) is 60.8 Å². The zero-order valence-electron chi connectivity index (χ0n) is 18.2. The Morgan fingerprint density at radius 2 is 1.70 bits per heavy atom. The van der Waals surface area contributed by atoms with Crippen molar-refractivity contribution < 1.29 is 29.3 Å². The molecule has 1 aliphatic rings. The van der Waals surface area contributed by atoms with Gasteiger partial charge in [0.25, 0.3) is 0 Å². The van der Waals surface area contributed by atoms with Gasteiger partial charge in [-0.25, -0.2) is 9.59 Å². The van der Waals surface area contributed by atoms with Gasteiger partial charge < -0.3 is 30.0 Å². The molecule has 1 heterocycles. The van der Waals surface area contributed by atoms with Crippen molar-refractivity contribution in [2.45, 2.75) is 24.5 Å². The number of carbonyl (C=O) groups is 2. The minimum absolute atomic E-state index is 0.0341. The summed E-state index contributed by atoms with van der Waals surface area (Å²) in [6.45, 7) is 0.313. The summed E-state index contributed by atoms with van der Waals surface area (Å²) in [5.41, 5.74) is 5.09. The monoisotopic (exact) mass is 450 g/mol. The third-order valence-electron chi connectivity index (χ3n) is 5.87. The number of aromatic nitrogens is 1. The lowest BCUT2D eigenvalue weighted by molar-refractivity contribution is 0.0137. The van der Waals surface area contributed by atoms with Crippen molar-refractivity contribution in [2.75, 3.05) is 20.3 Å². The van der Waals surface area contributed by atoms with Gasteiger partial charge in [0.1, 0.15) is 18.4 Å². The lowest BCUT2D eigenvalue weighted by atomic mass is 9.98. The molecule has 1 amide bonds. The Morgan fingerprint density at radius 1 is 1.06 bits per heavy atom. The number of aliphatic hydroxyl groups excluding tert-OH is 2. The minimum atomic E-state index is -1.22. The molecule has 0 saturated carbocycles. The Morgan fingerprint density at radius 3 is 2.33 bits per heavy atom. The van der Waals surface area contributed by atoms with Crippen LogP contribution in [0.2, 0.25) is 0 Å². The van der Waals surface area contributed by atoms with Gasteiger partial charge in [0.15, 0.2) is 0 Å². The maximum Gasteiger partial charge on any atom is 0.407 e. The Kier molecular flexibility index (Phi) is 6.76. The highest BCUT2D eigenvalue weighted by Crippen LogP contribution is 2.44. The van der Waals surface area contributed by atoms with Crippen molar-refractivity contribution in [1.82, 2.24) is 10.3 Å². The molecule has 8 heteroatoms. The number of alkyl carbamates (subject to hydrolysis) is 1. The first-order chi connectivity index (χ1) is 16.0. The Balaban J connectivity index is 1.26. The SMILES string of the molecule is COC(=O)c1cc(C(O)C(O)CCNC(=O)OCC2c3ccccc3-c3ccccc32)c[nH]1. The summed E-state index contributed by atoms with van der Waals surface area (Å²) in [5.74, 6) is -0.604. The third kappa shape index (κ3) is 4.76. The van der Waals surface area contributed by atoms with Gasteiger partial charge in [0.05, 0.1) is 13.2 Å². The number of aliphatic hydroxyl groups is 2. The van der Waals surface area contributed by atoms with Gasteiger partial charge in [-0.15, -0.1) is 0 Å². The van der Waals surface area contributed by atoms with Crippen molar-refractivity contribution in [3.8, 4) is 11.1 Å². The molecule has 1 aromatic heterocycles. The van der Waals surface area contributed by atoms with E-state index in [1.807, 2.05) is 36.4 Å². The van der Waals surface area contributed by atoms with E-state index in [0.29, 0.717) is 5.56 Å². The maximum absolute atomic E-state index is 12.2. The molecule has 0 spiro atoms. The lowest BCUT2D eigenvalue weighted by Crippen LogP contribution is -2.30. The van der Waals surface area contributed by atoms with E-state index < -0.39 is 24.3 Å². The number of carbonyl (C=O) groups excluding carboxylic acids is 2. The van der Waals surface area contributed by atoms with Crippen LogP contribution in [0.1, 0.15) is 45.6 Å². The molecule has 0 fully saturated rings. The fourth-order valence-electron chi connectivity index (χ4n) is 4.16. The van der Waals surface area contributed by atoms with Crippen LogP contribution in [0.25, 0.3) is 11.1 Å². The summed E-state index contributed by atoms with van der Waals surface area (Å²) < 4.78 is 10.1.